The highest BCUT2D eigenvalue weighted by molar-refractivity contribution is 5.31. The molecule has 1 unspecified atom stereocenters. The van der Waals surface area contributed by atoms with E-state index in [1.165, 1.54) is 0 Å². The van der Waals surface area contributed by atoms with E-state index in [1.54, 1.807) is 6.20 Å². The molecule has 1 rings (SSSR count). The maximum absolute atomic E-state index is 5.53. The Kier molecular flexibility index (Phi) is 2.80. The fraction of sp³-hybridized carbons (Fsp3) is 0.429. The van der Waals surface area contributed by atoms with Gasteiger partial charge in [0.15, 0.2) is 0 Å². The third-order valence-electron chi connectivity index (χ3n) is 1.18. The van der Waals surface area contributed by atoms with E-state index in [0.29, 0.717) is 0 Å². The Hall–Kier alpha value is -1.16. The van der Waals surface area contributed by atoms with E-state index in [4.69, 9.17) is 5.73 Å². The molecule has 60 valence electrons. The first-order valence-corrected chi connectivity index (χ1v) is 3.56. The summed E-state index contributed by atoms with van der Waals surface area (Å²) in [6.45, 7) is 2.65. The third kappa shape index (κ3) is 2.95. The number of nitrogens with zero attached hydrogens (tertiary/aromatic N) is 2. The standard InChI is InChI=1S/C7H12N4/c1-6(8)5-9-7-3-2-4-10-11-7/h2-4,6H,5,8H2,1H3,(H,9,11). The SMILES string of the molecule is CC(N)CNc1cccnn1. The zero-order chi connectivity index (χ0) is 8.10. The van der Waals surface area contributed by atoms with Gasteiger partial charge in [0.25, 0.3) is 0 Å². The molecule has 1 aromatic heterocycles. The normalized spacial score (nSPS) is 12.5. The van der Waals surface area contributed by atoms with E-state index < -0.39 is 0 Å². The molecule has 0 saturated heterocycles. The van der Waals surface area contributed by atoms with Gasteiger partial charge in [-0.15, -0.1) is 5.10 Å². The van der Waals surface area contributed by atoms with Gasteiger partial charge in [-0.05, 0) is 19.1 Å². The first-order chi connectivity index (χ1) is 5.29. The van der Waals surface area contributed by atoms with Crippen LogP contribution in [0.3, 0.4) is 0 Å². The number of hydrogen-bond acceptors (Lipinski definition) is 4. The van der Waals surface area contributed by atoms with Crippen molar-refractivity contribution in [2.75, 3.05) is 11.9 Å². The second-order valence-corrected chi connectivity index (χ2v) is 2.47. The highest BCUT2D eigenvalue weighted by Crippen LogP contribution is 1.96. The van der Waals surface area contributed by atoms with Gasteiger partial charge in [-0.3, -0.25) is 0 Å². The van der Waals surface area contributed by atoms with Crippen LogP contribution in [0.5, 0.6) is 0 Å². The summed E-state index contributed by atoms with van der Waals surface area (Å²) >= 11 is 0. The minimum Gasteiger partial charge on any atom is -0.367 e. The summed E-state index contributed by atoms with van der Waals surface area (Å²) in [4.78, 5) is 0. The number of nitrogens with two attached hydrogens (primary N) is 1. The second-order valence-electron chi connectivity index (χ2n) is 2.47. The Bertz CT molecular complexity index is 197. The Morgan fingerprint density at radius 3 is 3.09 bits per heavy atom. The summed E-state index contributed by atoms with van der Waals surface area (Å²) in [6, 6.07) is 3.82. The molecule has 0 bridgehead atoms. The molecule has 3 N–H and O–H groups in total. The maximum atomic E-state index is 5.53. The predicted octanol–water partition coefficient (Wildman–Crippen LogP) is 0.236. The molecule has 1 heterocycles. The maximum Gasteiger partial charge on any atom is 0.148 e. The summed E-state index contributed by atoms with van der Waals surface area (Å²) < 4.78 is 0. The molecule has 11 heavy (non-hydrogen) atoms. The van der Waals surface area contributed by atoms with Crippen molar-refractivity contribution in [1.82, 2.24) is 10.2 Å². The lowest BCUT2D eigenvalue weighted by atomic mass is 10.3. The van der Waals surface area contributed by atoms with Gasteiger partial charge in [-0.2, -0.15) is 5.10 Å². The summed E-state index contributed by atoms with van der Waals surface area (Å²) in [7, 11) is 0. The zero-order valence-electron chi connectivity index (χ0n) is 6.49. The predicted molar refractivity (Wildman–Crippen MR) is 44.2 cm³/mol. The topological polar surface area (TPSA) is 63.8 Å². The summed E-state index contributed by atoms with van der Waals surface area (Å²) in [5.74, 6) is 0.768. The summed E-state index contributed by atoms with van der Waals surface area (Å²) in [6.07, 6.45) is 1.64. The number of rotatable bonds is 3. The largest absolute Gasteiger partial charge is 0.367 e. The van der Waals surface area contributed by atoms with Crippen LogP contribution < -0.4 is 11.1 Å². The first kappa shape index (κ1) is 7.94. The van der Waals surface area contributed by atoms with Gasteiger partial charge in [0, 0.05) is 18.8 Å². The summed E-state index contributed by atoms with van der Waals surface area (Å²) in [5, 5.41) is 10.6. The molecule has 0 amide bonds. The highest BCUT2D eigenvalue weighted by atomic mass is 15.2. The van der Waals surface area contributed by atoms with E-state index in [-0.39, 0.29) is 6.04 Å². The average Bonchev–Trinajstić information content (AvgIpc) is 2.03. The average molecular weight is 152 g/mol. The monoisotopic (exact) mass is 152 g/mol. The summed E-state index contributed by atoms with van der Waals surface area (Å²) in [5.41, 5.74) is 5.53. The second kappa shape index (κ2) is 3.88. The Balaban J connectivity index is 2.39. The molecule has 0 saturated carbocycles. The Morgan fingerprint density at radius 2 is 2.55 bits per heavy atom. The fourth-order valence-electron chi connectivity index (χ4n) is 0.661. The molecule has 1 aromatic rings. The molecule has 0 aromatic carbocycles. The van der Waals surface area contributed by atoms with Gasteiger partial charge in [0.2, 0.25) is 0 Å². The van der Waals surface area contributed by atoms with Crippen molar-refractivity contribution in [1.29, 1.82) is 0 Å². The van der Waals surface area contributed by atoms with E-state index in [2.05, 4.69) is 15.5 Å². The van der Waals surface area contributed by atoms with Crippen molar-refractivity contribution in [3.8, 4) is 0 Å². The van der Waals surface area contributed by atoms with Crippen LogP contribution in [0.1, 0.15) is 6.92 Å². The van der Waals surface area contributed by atoms with Gasteiger partial charge in [0.1, 0.15) is 5.82 Å². The van der Waals surface area contributed by atoms with E-state index >= 15 is 0 Å². The van der Waals surface area contributed by atoms with Crippen LogP contribution in [0.2, 0.25) is 0 Å². The molecule has 1 atom stereocenters. The number of hydrogen-bond donors (Lipinski definition) is 2. The van der Waals surface area contributed by atoms with Crippen molar-refractivity contribution >= 4 is 5.82 Å². The Labute approximate surface area is 65.8 Å². The van der Waals surface area contributed by atoms with Gasteiger partial charge in [0.05, 0.1) is 0 Å². The van der Waals surface area contributed by atoms with Crippen molar-refractivity contribution in [2.45, 2.75) is 13.0 Å². The molecule has 0 radical (unpaired) electrons. The van der Waals surface area contributed by atoms with Crippen molar-refractivity contribution in [3.63, 3.8) is 0 Å². The van der Waals surface area contributed by atoms with Crippen LogP contribution in [0, 0.1) is 0 Å². The van der Waals surface area contributed by atoms with Crippen LogP contribution in [0.15, 0.2) is 18.3 Å². The van der Waals surface area contributed by atoms with Crippen LogP contribution in [0.25, 0.3) is 0 Å². The van der Waals surface area contributed by atoms with Crippen LogP contribution in [0.4, 0.5) is 5.82 Å². The molecule has 0 aliphatic carbocycles. The minimum atomic E-state index is 0.136. The van der Waals surface area contributed by atoms with Crippen LogP contribution in [-0.4, -0.2) is 22.8 Å². The smallest absolute Gasteiger partial charge is 0.148 e. The van der Waals surface area contributed by atoms with Gasteiger partial charge < -0.3 is 11.1 Å². The third-order valence-corrected chi connectivity index (χ3v) is 1.18. The number of nitrogens with one attached hydrogen (secondary N) is 1. The number of anilines is 1. The van der Waals surface area contributed by atoms with E-state index in [0.717, 1.165) is 12.4 Å². The highest BCUT2D eigenvalue weighted by Gasteiger charge is 1.93. The molecular weight excluding hydrogens is 140 g/mol. The molecule has 0 aliphatic rings. The molecule has 0 fully saturated rings. The van der Waals surface area contributed by atoms with Gasteiger partial charge >= 0.3 is 0 Å². The number of aromatic nitrogens is 2. The van der Waals surface area contributed by atoms with Crippen molar-refractivity contribution < 1.29 is 0 Å². The van der Waals surface area contributed by atoms with E-state index in [1.807, 2.05) is 19.1 Å². The first-order valence-electron chi connectivity index (χ1n) is 3.56. The Morgan fingerprint density at radius 1 is 1.73 bits per heavy atom. The van der Waals surface area contributed by atoms with E-state index in [9.17, 15) is 0 Å². The van der Waals surface area contributed by atoms with Crippen molar-refractivity contribution in [3.05, 3.63) is 18.3 Å². The van der Waals surface area contributed by atoms with Crippen molar-refractivity contribution in [2.24, 2.45) is 5.73 Å². The molecule has 4 nitrogen and oxygen atoms in total. The van der Waals surface area contributed by atoms with Crippen LogP contribution in [-0.2, 0) is 0 Å². The van der Waals surface area contributed by atoms with Gasteiger partial charge in [-0.25, -0.2) is 0 Å². The molecule has 0 spiro atoms. The zero-order valence-corrected chi connectivity index (χ0v) is 6.49. The lowest BCUT2D eigenvalue weighted by Crippen LogP contribution is -2.25. The minimum absolute atomic E-state index is 0.136. The quantitative estimate of drug-likeness (QED) is 0.651. The van der Waals surface area contributed by atoms with Gasteiger partial charge in [-0.1, -0.05) is 0 Å². The molecule has 4 heteroatoms. The molecular formula is C7H12N4. The molecule has 0 aliphatic heterocycles. The lowest BCUT2D eigenvalue weighted by molar-refractivity contribution is 0.774. The lowest BCUT2D eigenvalue weighted by Gasteiger charge is -2.06. The fourth-order valence-corrected chi connectivity index (χ4v) is 0.661. The van der Waals surface area contributed by atoms with Crippen LogP contribution >= 0.6 is 0 Å².